The summed E-state index contributed by atoms with van der Waals surface area (Å²) in [6.07, 6.45) is -2.25. The summed E-state index contributed by atoms with van der Waals surface area (Å²) in [7, 11) is 0. The first-order valence-electron chi connectivity index (χ1n) is 7.30. The van der Waals surface area contributed by atoms with E-state index in [0.717, 1.165) is 12.4 Å². The van der Waals surface area contributed by atoms with Gasteiger partial charge in [0, 0.05) is 24.8 Å². The van der Waals surface area contributed by atoms with E-state index in [0.29, 0.717) is 24.5 Å². The Kier molecular flexibility index (Phi) is 5.72. The van der Waals surface area contributed by atoms with E-state index < -0.39 is 53.0 Å². The molecule has 0 aromatic carbocycles. The van der Waals surface area contributed by atoms with Crippen LogP contribution in [-0.2, 0) is 12.4 Å². The van der Waals surface area contributed by atoms with Gasteiger partial charge in [0.05, 0.1) is 28.8 Å². The minimum absolute atomic E-state index is 0.0957. The minimum Gasteiger partial charge on any atom is -0.268 e. The zero-order chi connectivity index (χ0) is 21.1. The van der Waals surface area contributed by atoms with Crippen molar-refractivity contribution in [1.29, 1.82) is 0 Å². The first-order valence-corrected chi connectivity index (χ1v) is 7.30. The number of amides is 2. The summed E-state index contributed by atoms with van der Waals surface area (Å²) in [5, 5.41) is 0. The van der Waals surface area contributed by atoms with Crippen LogP contribution in [0.2, 0.25) is 0 Å². The Morgan fingerprint density at radius 3 is 1.61 bits per heavy atom. The number of pyridine rings is 2. The SMILES string of the molecule is C#CCN(C(=O)c1cnccc1C(F)(F)F)C(=O)c1cnccc1C(F)(F)F. The molecule has 0 aliphatic heterocycles. The third kappa shape index (κ3) is 4.28. The normalized spacial score (nSPS) is 11.6. The molecule has 2 amide bonds. The van der Waals surface area contributed by atoms with Gasteiger partial charge in [0.2, 0.25) is 0 Å². The quantitative estimate of drug-likeness (QED) is 0.449. The van der Waals surface area contributed by atoms with E-state index in [1.165, 1.54) is 0 Å². The maximum Gasteiger partial charge on any atom is 0.417 e. The number of carbonyl (C=O) groups excluding carboxylic acids is 2. The molecule has 0 atom stereocenters. The molecule has 2 aromatic rings. The predicted molar refractivity (Wildman–Crippen MR) is 82.7 cm³/mol. The van der Waals surface area contributed by atoms with Crippen LogP contribution in [0, 0.1) is 12.3 Å². The van der Waals surface area contributed by atoms with Crippen molar-refractivity contribution in [3.8, 4) is 12.3 Å². The van der Waals surface area contributed by atoms with Gasteiger partial charge < -0.3 is 0 Å². The van der Waals surface area contributed by atoms with Crippen LogP contribution in [0.5, 0.6) is 0 Å². The van der Waals surface area contributed by atoms with Crippen molar-refractivity contribution in [1.82, 2.24) is 14.9 Å². The molecule has 0 saturated carbocycles. The van der Waals surface area contributed by atoms with Crippen molar-refractivity contribution in [2.24, 2.45) is 0 Å². The van der Waals surface area contributed by atoms with E-state index in [1.807, 2.05) is 5.92 Å². The molecular weight excluding hydrogens is 392 g/mol. The first-order chi connectivity index (χ1) is 13.0. The Balaban J connectivity index is 2.56. The highest BCUT2D eigenvalue weighted by Crippen LogP contribution is 2.34. The van der Waals surface area contributed by atoms with Crippen molar-refractivity contribution in [3.05, 3.63) is 59.2 Å². The van der Waals surface area contributed by atoms with Gasteiger partial charge in [-0.25, -0.2) is 0 Å². The molecule has 0 aliphatic rings. The molecule has 2 rings (SSSR count). The fourth-order valence-electron chi connectivity index (χ4n) is 2.24. The number of carbonyl (C=O) groups is 2. The van der Waals surface area contributed by atoms with Crippen LogP contribution in [0.4, 0.5) is 26.3 Å². The molecule has 2 aromatic heterocycles. The van der Waals surface area contributed by atoms with E-state index in [-0.39, 0.29) is 4.90 Å². The molecule has 11 heteroatoms. The standard InChI is InChI=1S/C17H9F6N3O2/c1-2-7-26(14(27)10-8-24-5-3-12(10)16(18,19)20)15(28)11-9-25-6-4-13(11)17(21,22)23/h1,3-6,8-9H,7H2. The maximum absolute atomic E-state index is 13.1. The molecule has 2 heterocycles. The summed E-state index contributed by atoms with van der Waals surface area (Å²) < 4.78 is 78.7. The van der Waals surface area contributed by atoms with Crippen LogP contribution >= 0.6 is 0 Å². The number of hydrogen-bond donors (Lipinski definition) is 0. The number of nitrogens with zero attached hydrogens (tertiary/aromatic N) is 3. The number of alkyl halides is 6. The van der Waals surface area contributed by atoms with Crippen molar-refractivity contribution in [2.45, 2.75) is 12.4 Å². The lowest BCUT2D eigenvalue weighted by molar-refractivity contribution is -0.138. The summed E-state index contributed by atoms with van der Waals surface area (Å²) in [5.74, 6) is -1.22. The third-order valence-electron chi connectivity index (χ3n) is 3.45. The van der Waals surface area contributed by atoms with Crippen LogP contribution in [0.15, 0.2) is 36.9 Å². The van der Waals surface area contributed by atoms with Gasteiger partial charge in [-0.3, -0.25) is 24.5 Å². The average molecular weight is 401 g/mol. The maximum atomic E-state index is 13.1. The number of rotatable bonds is 3. The lowest BCUT2D eigenvalue weighted by Crippen LogP contribution is -2.39. The summed E-state index contributed by atoms with van der Waals surface area (Å²) in [4.78, 5) is 32.0. The Hall–Kier alpha value is -3.42. The van der Waals surface area contributed by atoms with Gasteiger partial charge in [0.25, 0.3) is 11.8 Å². The molecule has 0 unspecified atom stereocenters. The smallest absolute Gasteiger partial charge is 0.268 e. The Bertz CT molecular complexity index is 877. The molecule has 0 radical (unpaired) electrons. The minimum atomic E-state index is -4.97. The second-order valence-corrected chi connectivity index (χ2v) is 5.24. The van der Waals surface area contributed by atoms with Crippen LogP contribution in [-0.4, -0.2) is 33.2 Å². The molecule has 28 heavy (non-hydrogen) atoms. The van der Waals surface area contributed by atoms with Crippen molar-refractivity contribution < 1.29 is 35.9 Å². The summed E-state index contributed by atoms with van der Waals surface area (Å²) in [6, 6.07) is 0.994. The molecule has 146 valence electrons. The van der Waals surface area contributed by atoms with Gasteiger partial charge in [0.15, 0.2) is 0 Å². The zero-order valence-electron chi connectivity index (χ0n) is 13.7. The van der Waals surface area contributed by atoms with Crippen LogP contribution < -0.4 is 0 Å². The summed E-state index contributed by atoms with van der Waals surface area (Å²) >= 11 is 0. The van der Waals surface area contributed by atoms with Crippen LogP contribution in [0.1, 0.15) is 31.8 Å². The monoisotopic (exact) mass is 401 g/mol. The zero-order valence-corrected chi connectivity index (χ0v) is 13.7. The molecule has 0 aliphatic carbocycles. The van der Waals surface area contributed by atoms with Crippen molar-refractivity contribution >= 4 is 11.8 Å². The summed E-state index contributed by atoms with van der Waals surface area (Å²) in [6.45, 7) is -0.865. The van der Waals surface area contributed by atoms with E-state index in [2.05, 4.69) is 9.97 Å². The molecule has 0 bridgehead atoms. The number of aromatic nitrogens is 2. The molecule has 0 N–H and O–H groups in total. The second-order valence-electron chi connectivity index (χ2n) is 5.24. The highest BCUT2D eigenvalue weighted by molar-refractivity contribution is 6.11. The van der Waals surface area contributed by atoms with Crippen LogP contribution in [0.3, 0.4) is 0 Å². The highest BCUT2D eigenvalue weighted by Gasteiger charge is 2.40. The van der Waals surface area contributed by atoms with Gasteiger partial charge in [0.1, 0.15) is 0 Å². The van der Waals surface area contributed by atoms with Gasteiger partial charge in [-0.05, 0) is 12.1 Å². The lowest BCUT2D eigenvalue weighted by atomic mass is 10.1. The molecule has 5 nitrogen and oxygen atoms in total. The Morgan fingerprint density at radius 2 is 1.29 bits per heavy atom. The fourth-order valence-corrected chi connectivity index (χ4v) is 2.24. The van der Waals surface area contributed by atoms with E-state index in [1.54, 1.807) is 0 Å². The first kappa shape index (κ1) is 20.9. The van der Waals surface area contributed by atoms with Crippen molar-refractivity contribution in [3.63, 3.8) is 0 Å². The van der Waals surface area contributed by atoms with E-state index in [4.69, 9.17) is 6.42 Å². The number of halogens is 6. The van der Waals surface area contributed by atoms with Crippen LogP contribution in [0.25, 0.3) is 0 Å². The highest BCUT2D eigenvalue weighted by atomic mass is 19.4. The van der Waals surface area contributed by atoms with Gasteiger partial charge in [-0.15, -0.1) is 6.42 Å². The molecular formula is C17H9F6N3O2. The number of terminal acetylenes is 1. The summed E-state index contributed by atoms with van der Waals surface area (Å²) in [5.41, 5.74) is -4.89. The molecule has 0 spiro atoms. The van der Waals surface area contributed by atoms with Gasteiger partial charge in [-0.1, -0.05) is 5.92 Å². The van der Waals surface area contributed by atoms with E-state index in [9.17, 15) is 35.9 Å². The Labute approximate surface area is 154 Å². The topological polar surface area (TPSA) is 63.2 Å². The van der Waals surface area contributed by atoms with Crippen molar-refractivity contribution in [2.75, 3.05) is 6.54 Å². The predicted octanol–water partition coefficient (Wildman–Crippen LogP) is 3.43. The second kappa shape index (κ2) is 7.67. The number of imide groups is 1. The van der Waals surface area contributed by atoms with Gasteiger partial charge in [-0.2, -0.15) is 26.3 Å². The van der Waals surface area contributed by atoms with E-state index >= 15 is 0 Å². The Morgan fingerprint density at radius 1 is 0.893 bits per heavy atom. The lowest BCUT2D eigenvalue weighted by Gasteiger charge is -2.22. The fraction of sp³-hybridized carbons (Fsp3) is 0.176. The third-order valence-corrected chi connectivity index (χ3v) is 3.45. The van der Waals surface area contributed by atoms with Gasteiger partial charge >= 0.3 is 12.4 Å². The largest absolute Gasteiger partial charge is 0.417 e. The molecule has 0 fully saturated rings. The average Bonchev–Trinajstić information content (AvgIpc) is 2.63. The number of hydrogen-bond acceptors (Lipinski definition) is 4. The molecule has 0 saturated heterocycles.